The number of carboxylic acid groups (broad SMARTS) is 3. The average molecular weight is 352 g/mol. The van der Waals surface area contributed by atoms with Crippen LogP contribution in [-0.2, 0) is 19.2 Å². The molecule has 1 amide bonds. The highest BCUT2D eigenvalue weighted by Gasteiger charge is 2.12. The highest BCUT2D eigenvalue weighted by Crippen LogP contribution is 2.01. The van der Waals surface area contributed by atoms with Gasteiger partial charge in [-0.25, -0.2) is 0 Å². The van der Waals surface area contributed by atoms with Crippen LogP contribution in [0.15, 0.2) is 0 Å². The summed E-state index contributed by atoms with van der Waals surface area (Å²) in [6.07, 6.45) is 0.674. The molecule has 11 nitrogen and oxygen atoms in total. The van der Waals surface area contributed by atoms with E-state index >= 15 is 0 Å². The standard InChI is InChI=1S/C6H13NO2.C5H10N2O3.C2H5NO2/c1-4(2)3-5(7)6(8)9;6-3(5(9)10)1-2-4(7)8;3-1-2(4)5/h4-5H,3,7H2,1-2H3,(H,8,9);3H,1-2,6H2,(H2,7,8)(H,9,10);1,3H2,(H,4,5). The Kier molecular flexibility index (Phi) is 17.4. The minimum absolute atomic E-state index is 0.0213. The summed E-state index contributed by atoms with van der Waals surface area (Å²) in [5.74, 6) is -3.16. The molecule has 0 aliphatic carbocycles. The second-order valence-corrected chi connectivity index (χ2v) is 5.12. The number of carbonyl (C=O) groups excluding carboxylic acids is 1. The van der Waals surface area contributed by atoms with Crippen molar-refractivity contribution < 1.29 is 34.5 Å². The van der Waals surface area contributed by atoms with E-state index in [2.05, 4.69) is 5.73 Å². The van der Waals surface area contributed by atoms with Gasteiger partial charge in [-0.15, -0.1) is 0 Å². The summed E-state index contributed by atoms with van der Waals surface area (Å²) in [7, 11) is 0. The van der Waals surface area contributed by atoms with Crippen LogP contribution in [0.3, 0.4) is 0 Å². The molecular formula is C13H28N4O7. The lowest BCUT2D eigenvalue weighted by atomic mass is 10.1. The topological polar surface area (TPSA) is 233 Å². The second kappa shape index (κ2) is 15.6. The molecule has 11 N–H and O–H groups in total. The number of amides is 1. The molecule has 0 heterocycles. The molecule has 2 atom stereocenters. The predicted octanol–water partition coefficient (Wildman–Crippen LogP) is -1.86. The van der Waals surface area contributed by atoms with Crippen molar-refractivity contribution in [2.24, 2.45) is 28.9 Å². The van der Waals surface area contributed by atoms with E-state index in [9.17, 15) is 19.2 Å². The number of hydrogen-bond acceptors (Lipinski definition) is 7. The summed E-state index contributed by atoms with van der Waals surface area (Å²) in [6, 6.07) is -1.67. The molecule has 24 heavy (non-hydrogen) atoms. The van der Waals surface area contributed by atoms with Crippen molar-refractivity contribution in [3.05, 3.63) is 0 Å². The van der Waals surface area contributed by atoms with E-state index in [1.807, 2.05) is 13.8 Å². The van der Waals surface area contributed by atoms with Gasteiger partial charge < -0.3 is 38.3 Å². The van der Waals surface area contributed by atoms with Crippen LogP contribution in [0.4, 0.5) is 0 Å². The Morgan fingerprint density at radius 3 is 1.46 bits per heavy atom. The Morgan fingerprint density at radius 1 is 0.917 bits per heavy atom. The van der Waals surface area contributed by atoms with Gasteiger partial charge in [0, 0.05) is 6.42 Å². The molecule has 142 valence electrons. The Hall–Kier alpha value is -2.24. The summed E-state index contributed by atoms with van der Waals surface area (Å²) < 4.78 is 0. The number of hydrogen-bond donors (Lipinski definition) is 7. The molecule has 0 aromatic heterocycles. The molecule has 0 saturated heterocycles. The van der Waals surface area contributed by atoms with E-state index in [4.69, 9.17) is 32.5 Å². The fourth-order valence-electron chi connectivity index (χ4n) is 1.03. The second-order valence-electron chi connectivity index (χ2n) is 5.12. The largest absolute Gasteiger partial charge is 0.480 e. The Balaban J connectivity index is -0.000000291. The third kappa shape index (κ3) is 24.8. The molecule has 11 heteroatoms. The quantitative estimate of drug-likeness (QED) is 0.257. The average Bonchev–Trinajstić information content (AvgIpc) is 2.44. The van der Waals surface area contributed by atoms with Crippen LogP contribution in [0, 0.1) is 5.92 Å². The van der Waals surface area contributed by atoms with E-state index in [0.717, 1.165) is 0 Å². The highest BCUT2D eigenvalue weighted by atomic mass is 16.4. The van der Waals surface area contributed by atoms with Gasteiger partial charge in [0.05, 0.1) is 6.54 Å². The summed E-state index contributed by atoms with van der Waals surface area (Å²) in [5.41, 5.74) is 19.6. The van der Waals surface area contributed by atoms with Gasteiger partial charge in [0.2, 0.25) is 5.91 Å². The number of nitrogens with two attached hydrogens (primary N) is 4. The molecule has 0 aliphatic rings. The number of primary amides is 1. The molecule has 0 saturated carbocycles. The minimum Gasteiger partial charge on any atom is -0.480 e. The monoisotopic (exact) mass is 352 g/mol. The van der Waals surface area contributed by atoms with Gasteiger partial charge >= 0.3 is 17.9 Å². The summed E-state index contributed by atoms with van der Waals surface area (Å²) in [4.78, 5) is 39.5. The Morgan fingerprint density at radius 2 is 1.29 bits per heavy atom. The first-order valence-corrected chi connectivity index (χ1v) is 7.01. The van der Waals surface area contributed by atoms with Crippen LogP contribution >= 0.6 is 0 Å². The Bertz CT molecular complexity index is 402. The maximum atomic E-state index is 10.1. The molecule has 0 aliphatic heterocycles. The van der Waals surface area contributed by atoms with E-state index in [0.29, 0.717) is 12.3 Å². The van der Waals surface area contributed by atoms with Crippen LogP contribution < -0.4 is 22.9 Å². The lowest BCUT2D eigenvalue weighted by Crippen LogP contribution is -2.31. The highest BCUT2D eigenvalue weighted by molar-refractivity contribution is 5.77. The lowest BCUT2D eigenvalue weighted by Gasteiger charge is -2.07. The molecular weight excluding hydrogens is 324 g/mol. The predicted molar refractivity (Wildman–Crippen MR) is 85.8 cm³/mol. The zero-order valence-corrected chi connectivity index (χ0v) is 13.8. The van der Waals surface area contributed by atoms with Crippen LogP contribution in [0.2, 0.25) is 0 Å². The third-order valence-corrected chi connectivity index (χ3v) is 2.24. The van der Waals surface area contributed by atoms with Gasteiger partial charge in [0.1, 0.15) is 12.1 Å². The van der Waals surface area contributed by atoms with Crippen LogP contribution in [-0.4, -0.2) is 57.8 Å². The molecule has 0 bridgehead atoms. The maximum Gasteiger partial charge on any atom is 0.320 e. The van der Waals surface area contributed by atoms with Crippen LogP contribution in [0.5, 0.6) is 0 Å². The first kappa shape index (κ1) is 26.6. The molecule has 0 aromatic rings. The number of carbonyl (C=O) groups is 4. The fourth-order valence-corrected chi connectivity index (χ4v) is 1.03. The van der Waals surface area contributed by atoms with Gasteiger partial charge in [-0.2, -0.15) is 0 Å². The van der Waals surface area contributed by atoms with E-state index in [-0.39, 0.29) is 19.4 Å². The SMILES string of the molecule is CC(C)CC(N)C(=O)O.NC(=O)CCC(N)C(=O)O.NCC(=O)O. The molecule has 0 fully saturated rings. The van der Waals surface area contributed by atoms with Crippen molar-refractivity contribution in [2.75, 3.05) is 6.54 Å². The zero-order chi connectivity index (χ0) is 19.9. The normalized spacial score (nSPS) is 11.9. The maximum absolute atomic E-state index is 10.1. The molecule has 0 spiro atoms. The van der Waals surface area contributed by atoms with Crippen molar-refractivity contribution in [2.45, 2.75) is 45.2 Å². The lowest BCUT2D eigenvalue weighted by molar-refractivity contribution is -0.139. The summed E-state index contributed by atoms with van der Waals surface area (Å²) in [5, 5.41) is 24.1. The van der Waals surface area contributed by atoms with Gasteiger partial charge in [0.15, 0.2) is 0 Å². The fraction of sp³-hybridized carbons (Fsp3) is 0.692. The summed E-state index contributed by atoms with van der Waals surface area (Å²) in [6.45, 7) is 3.62. The third-order valence-electron chi connectivity index (χ3n) is 2.24. The van der Waals surface area contributed by atoms with E-state index < -0.39 is 35.9 Å². The number of carboxylic acids is 3. The van der Waals surface area contributed by atoms with E-state index in [1.165, 1.54) is 0 Å². The van der Waals surface area contributed by atoms with Gasteiger partial charge in [-0.3, -0.25) is 19.2 Å². The van der Waals surface area contributed by atoms with Crippen LogP contribution in [0.25, 0.3) is 0 Å². The molecule has 0 rings (SSSR count). The van der Waals surface area contributed by atoms with Crippen molar-refractivity contribution in [1.29, 1.82) is 0 Å². The first-order valence-electron chi connectivity index (χ1n) is 7.01. The van der Waals surface area contributed by atoms with Gasteiger partial charge in [0.25, 0.3) is 0 Å². The van der Waals surface area contributed by atoms with Crippen molar-refractivity contribution in [3.8, 4) is 0 Å². The van der Waals surface area contributed by atoms with Crippen LogP contribution in [0.1, 0.15) is 33.1 Å². The van der Waals surface area contributed by atoms with Crippen molar-refractivity contribution in [3.63, 3.8) is 0 Å². The number of aliphatic carboxylic acids is 3. The summed E-state index contributed by atoms with van der Waals surface area (Å²) >= 11 is 0. The van der Waals surface area contributed by atoms with Gasteiger partial charge in [-0.05, 0) is 18.8 Å². The Labute approximate surface area is 140 Å². The van der Waals surface area contributed by atoms with E-state index in [1.54, 1.807) is 0 Å². The smallest absolute Gasteiger partial charge is 0.320 e. The first-order chi connectivity index (χ1) is 10.8. The molecule has 2 unspecified atom stereocenters. The van der Waals surface area contributed by atoms with Crippen molar-refractivity contribution in [1.82, 2.24) is 0 Å². The number of rotatable bonds is 8. The van der Waals surface area contributed by atoms with Crippen molar-refractivity contribution >= 4 is 23.8 Å². The van der Waals surface area contributed by atoms with Gasteiger partial charge in [-0.1, -0.05) is 13.8 Å². The molecule has 0 radical (unpaired) electrons. The minimum atomic E-state index is -1.11. The molecule has 0 aromatic carbocycles. The zero-order valence-electron chi connectivity index (χ0n) is 13.8.